The Morgan fingerprint density at radius 3 is 2.72 bits per heavy atom. The van der Waals surface area contributed by atoms with E-state index in [-0.39, 0.29) is 6.03 Å². The van der Waals surface area contributed by atoms with E-state index in [9.17, 15) is 4.79 Å². The molecule has 0 radical (unpaired) electrons. The number of rotatable bonds is 4. The monoisotopic (exact) mass is 268 g/mol. The summed E-state index contributed by atoms with van der Waals surface area (Å²) >= 11 is 5.95. The molecule has 0 aromatic heterocycles. The van der Waals surface area contributed by atoms with Gasteiger partial charge in [-0.05, 0) is 24.1 Å². The van der Waals surface area contributed by atoms with E-state index < -0.39 is 0 Å². The first-order valence-corrected chi connectivity index (χ1v) is 5.98. The van der Waals surface area contributed by atoms with Crippen LogP contribution in [-0.2, 0) is 0 Å². The molecule has 1 rings (SSSR count). The molecule has 0 saturated carbocycles. The predicted molar refractivity (Wildman–Crippen MR) is 74.1 cm³/mol. The number of halogens is 1. The molecule has 4 nitrogen and oxygen atoms in total. The Bertz CT molecular complexity index is 445. The molecule has 1 aromatic rings. The lowest BCUT2D eigenvalue weighted by atomic mass is 10.2. The van der Waals surface area contributed by atoms with Crippen LogP contribution in [0.25, 0.3) is 0 Å². The van der Waals surface area contributed by atoms with E-state index in [1.807, 2.05) is 19.9 Å². The molecule has 0 atom stereocenters. The molecule has 5 heteroatoms. The average molecular weight is 269 g/mol. The molecule has 1 aromatic carbocycles. The number of carbonyl (C=O) groups excluding carboxylic acids is 1. The molecule has 0 fully saturated rings. The van der Waals surface area contributed by atoms with Crippen LogP contribution in [0.4, 0.5) is 10.5 Å². The number of methoxy groups -OCH3 is 1. The predicted octanol–water partition coefficient (Wildman–Crippen LogP) is 3.64. The fourth-order valence-electron chi connectivity index (χ4n) is 1.23. The molecular weight excluding hydrogens is 252 g/mol. The normalized spacial score (nSPS) is 10.7. The highest BCUT2D eigenvalue weighted by molar-refractivity contribution is 6.32. The molecule has 0 spiro atoms. The molecule has 98 valence electrons. The zero-order valence-corrected chi connectivity index (χ0v) is 11.4. The molecule has 0 bridgehead atoms. The van der Waals surface area contributed by atoms with Gasteiger partial charge in [0, 0.05) is 11.9 Å². The summed E-state index contributed by atoms with van der Waals surface area (Å²) in [4.78, 5) is 11.5. The van der Waals surface area contributed by atoms with Crippen molar-refractivity contribution in [1.29, 1.82) is 0 Å². The fraction of sp³-hybridized carbons (Fsp3) is 0.308. The van der Waals surface area contributed by atoms with Crippen molar-refractivity contribution in [2.24, 2.45) is 5.92 Å². The summed E-state index contributed by atoms with van der Waals surface area (Å²) in [5.41, 5.74) is 0.608. The number of urea groups is 1. The van der Waals surface area contributed by atoms with Crippen LogP contribution >= 0.6 is 11.6 Å². The van der Waals surface area contributed by atoms with Crippen molar-refractivity contribution in [2.45, 2.75) is 13.8 Å². The number of amides is 2. The Morgan fingerprint density at radius 2 is 2.17 bits per heavy atom. The zero-order chi connectivity index (χ0) is 13.5. The van der Waals surface area contributed by atoms with E-state index in [4.69, 9.17) is 16.3 Å². The minimum atomic E-state index is -0.312. The molecule has 0 aliphatic heterocycles. The number of anilines is 1. The van der Waals surface area contributed by atoms with Gasteiger partial charge in [-0.2, -0.15) is 0 Å². The van der Waals surface area contributed by atoms with Gasteiger partial charge in [-0.25, -0.2) is 4.79 Å². The van der Waals surface area contributed by atoms with Gasteiger partial charge in [0.2, 0.25) is 0 Å². The molecule has 2 amide bonds. The first-order valence-electron chi connectivity index (χ1n) is 5.60. The minimum absolute atomic E-state index is 0.312. The quantitative estimate of drug-likeness (QED) is 0.876. The largest absolute Gasteiger partial charge is 0.495 e. The second-order valence-corrected chi connectivity index (χ2v) is 4.46. The lowest BCUT2D eigenvalue weighted by Crippen LogP contribution is -2.23. The van der Waals surface area contributed by atoms with Gasteiger partial charge in [0.1, 0.15) is 5.75 Å². The minimum Gasteiger partial charge on any atom is -0.495 e. The first-order chi connectivity index (χ1) is 8.52. The van der Waals surface area contributed by atoms with Gasteiger partial charge in [0.05, 0.1) is 12.1 Å². The maximum atomic E-state index is 11.5. The number of allylic oxidation sites excluding steroid dienone is 1. The summed E-state index contributed by atoms with van der Waals surface area (Å²) in [6.07, 6.45) is 3.51. The lowest BCUT2D eigenvalue weighted by molar-refractivity contribution is 0.255. The Morgan fingerprint density at radius 1 is 1.44 bits per heavy atom. The third-order valence-corrected chi connectivity index (χ3v) is 2.40. The number of benzene rings is 1. The van der Waals surface area contributed by atoms with Crippen molar-refractivity contribution in [3.05, 3.63) is 35.5 Å². The van der Waals surface area contributed by atoms with Crippen molar-refractivity contribution in [3.8, 4) is 5.75 Å². The molecule has 18 heavy (non-hydrogen) atoms. The van der Waals surface area contributed by atoms with E-state index in [2.05, 4.69) is 10.6 Å². The van der Waals surface area contributed by atoms with Gasteiger partial charge in [-0.15, -0.1) is 0 Å². The van der Waals surface area contributed by atoms with Gasteiger partial charge in [0.25, 0.3) is 0 Å². The summed E-state index contributed by atoms with van der Waals surface area (Å²) in [5.74, 6) is 0.961. The van der Waals surface area contributed by atoms with Gasteiger partial charge in [-0.1, -0.05) is 31.5 Å². The Balaban J connectivity index is 2.57. The molecule has 0 saturated heterocycles. The summed E-state index contributed by atoms with van der Waals surface area (Å²) in [7, 11) is 1.54. The van der Waals surface area contributed by atoms with Crippen LogP contribution in [0.3, 0.4) is 0 Å². The van der Waals surface area contributed by atoms with E-state index in [1.165, 1.54) is 7.11 Å². The topological polar surface area (TPSA) is 50.4 Å². The fourth-order valence-corrected chi connectivity index (χ4v) is 1.49. The summed E-state index contributed by atoms with van der Waals surface area (Å²) < 4.78 is 5.02. The SMILES string of the molecule is COc1ccc(NC(=O)N/C=C/C(C)C)cc1Cl. The van der Waals surface area contributed by atoms with Crippen molar-refractivity contribution in [1.82, 2.24) is 5.32 Å². The van der Waals surface area contributed by atoms with Crippen molar-refractivity contribution in [3.63, 3.8) is 0 Å². The molecular formula is C13H17ClN2O2. The van der Waals surface area contributed by atoms with Gasteiger partial charge in [-0.3, -0.25) is 0 Å². The van der Waals surface area contributed by atoms with Gasteiger partial charge in [0.15, 0.2) is 0 Å². The van der Waals surface area contributed by atoms with Crippen LogP contribution in [0, 0.1) is 5.92 Å². The average Bonchev–Trinajstić information content (AvgIpc) is 2.28. The molecule has 0 aliphatic carbocycles. The number of ether oxygens (including phenoxy) is 1. The Hall–Kier alpha value is -1.68. The molecule has 0 aliphatic rings. The smallest absolute Gasteiger partial charge is 0.323 e. The summed E-state index contributed by atoms with van der Waals surface area (Å²) in [6, 6.07) is 4.73. The molecule has 0 unspecified atom stereocenters. The summed E-state index contributed by atoms with van der Waals surface area (Å²) in [6.45, 7) is 4.05. The second kappa shape index (κ2) is 6.91. The van der Waals surface area contributed by atoms with Gasteiger partial charge < -0.3 is 15.4 Å². The lowest BCUT2D eigenvalue weighted by Gasteiger charge is -2.07. The summed E-state index contributed by atoms with van der Waals surface area (Å²) in [5, 5.41) is 5.72. The number of hydrogen-bond donors (Lipinski definition) is 2. The van der Waals surface area contributed by atoms with Crippen molar-refractivity contribution < 1.29 is 9.53 Å². The third-order valence-electron chi connectivity index (χ3n) is 2.11. The van der Waals surface area contributed by atoms with Crippen LogP contribution in [0.5, 0.6) is 5.75 Å². The van der Waals surface area contributed by atoms with Crippen LogP contribution in [-0.4, -0.2) is 13.1 Å². The standard InChI is InChI=1S/C13H17ClN2O2/c1-9(2)6-7-15-13(17)16-10-4-5-12(18-3)11(14)8-10/h4-9H,1-3H3,(H2,15,16,17)/b7-6+. The van der Waals surface area contributed by atoms with Crippen molar-refractivity contribution >= 4 is 23.3 Å². The van der Waals surface area contributed by atoms with E-state index in [0.717, 1.165) is 0 Å². The number of nitrogens with one attached hydrogen (secondary N) is 2. The third kappa shape index (κ3) is 4.67. The maximum Gasteiger partial charge on any atom is 0.323 e. The van der Waals surface area contributed by atoms with Crippen molar-refractivity contribution in [2.75, 3.05) is 12.4 Å². The Labute approximate surface area is 112 Å². The van der Waals surface area contributed by atoms with E-state index >= 15 is 0 Å². The van der Waals surface area contributed by atoms with Crippen LogP contribution in [0.2, 0.25) is 5.02 Å². The zero-order valence-electron chi connectivity index (χ0n) is 10.7. The highest BCUT2D eigenvalue weighted by atomic mass is 35.5. The highest BCUT2D eigenvalue weighted by Crippen LogP contribution is 2.26. The van der Waals surface area contributed by atoms with Gasteiger partial charge >= 0.3 is 6.03 Å². The first kappa shape index (κ1) is 14.4. The number of carbonyl (C=O) groups is 1. The number of hydrogen-bond acceptors (Lipinski definition) is 2. The van der Waals surface area contributed by atoms with E-state index in [1.54, 1.807) is 24.4 Å². The van der Waals surface area contributed by atoms with Crippen LogP contribution in [0.1, 0.15) is 13.8 Å². The van der Waals surface area contributed by atoms with E-state index in [0.29, 0.717) is 22.4 Å². The molecule has 2 N–H and O–H groups in total. The highest BCUT2D eigenvalue weighted by Gasteiger charge is 2.04. The molecule has 0 heterocycles. The Kier molecular flexibility index (Phi) is 5.52. The van der Waals surface area contributed by atoms with Crippen LogP contribution < -0.4 is 15.4 Å². The maximum absolute atomic E-state index is 11.5. The second-order valence-electron chi connectivity index (χ2n) is 4.05. The van der Waals surface area contributed by atoms with Crippen LogP contribution in [0.15, 0.2) is 30.5 Å².